The summed E-state index contributed by atoms with van der Waals surface area (Å²) in [4.78, 5) is 59.7. The lowest BCUT2D eigenvalue weighted by atomic mass is 9.96. The Kier molecular flexibility index (Phi) is 6.11. The molecular weight excluding hydrogens is 430 g/mol. The Bertz CT molecular complexity index is 1170. The van der Waals surface area contributed by atoms with Crippen molar-refractivity contribution in [1.29, 1.82) is 0 Å². The van der Waals surface area contributed by atoms with Gasteiger partial charge in [0.1, 0.15) is 18.8 Å². The minimum atomic E-state index is -1.69. The molecule has 1 aromatic carbocycles. The van der Waals surface area contributed by atoms with Crippen molar-refractivity contribution in [3.8, 4) is 0 Å². The van der Waals surface area contributed by atoms with Gasteiger partial charge in [-0.3, -0.25) is 29.3 Å². The highest BCUT2D eigenvalue weighted by molar-refractivity contribution is 5.66. The molecule has 2 N–H and O–H groups in total. The van der Waals surface area contributed by atoms with Crippen molar-refractivity contribution in [1.82, 2.24) is 9.55 Å². The van der Waals surface area contributed by atoms with Gasteiger partial charge < -0.3 is 19.3 Å². The molecule has 0 aliphatic carbocycles. The Morgan fingerprint density at radius 2 is 2.00 bits per heavy atom. The molecule has 1 fully saturated rings. The van der Waals surface area contributed by atoms with Crippen LogP contribution in [0.5, 0.6) is 0 Å². The molecule has 1 aromatic heterocycles. The third-order valence-electron chi connectivity index (χ3n) is 4.97. The van der Waals surface area contributed by atoms with E-state index in [1.165, 1.54) is 37.4 Å². The van der Waals surface area contributed by atoms with Crippen LogP contribution in [0.15, 0.2) is 40.1 Å². The highest BCUT2D eigenvalue weighted by Gasteiger charge is 2.52. The summed E-state index contributed by atoms with van der Waals surface area (Å²) in [6, 6.07) is 5.12. The molecule has 0 radical (unpaired) electrons. The van der Waals surface area contributed by atoms with Gasteiger partial charge in [-0.15, -0.1) is 0 Å². The molecule has 3 atom stereocenters. The molecule has 0 unspecified atom stereocenters. The number of carbonyl (C=O) groups excluding carboxylic acids is 1. The average molecular weight is 449 g/mol. The largest absolute Gasteiger partial charge is 0.505 e. The van der Waals surface area contributed by atoms with Crippen LogP contribution in [0.2, 0.25) is 0 Å². The molecule has 0 bridgehead atoms. The summed E-state index contributed by atoms with van der Waals surface area (Å²) < 4.78 is 17.0. The number of aromatic amines is 1. The number of esters is 1. The molecule has 32 heavy (non-hydrogen) atoms. The minimum Gasteiger partial charge on any atom is -0.459 e. The smallest absolute Gasteiger partial charge is 0.459 e. The molecule has 1 aliphatic rings. The number of non-ortho nitro benzene ring substituents is 1. The first kappa shape index (κ1) is 22.7. The van der Waals surface area contributed by atoms with Gasteiger partial charge in [0.25, 0.3) is 11.2 Å². The molecule has 13 heteroatoms. The van der Waals surface area contributed by atoms with Crippen LogP contribution in [0.4, 0.5) is 10.5 Å². The Morgan fingerprint density at radius 1 is 1.34 bits per heavy atom. The van der Waals surface area contributed by atoms with Gasteiger partial charge >= 0.3 is 17.8 Å². The Balaban J connectivity index is 2.18. The van der Waals surface area contributed by atoms with Gasteiger partial charge in [-0.2, -0.15) is 0 Å². The van der Waals surface area contributed by atoms with Crippen molar-refractivity contribution >= 4 is 17.8 Å². The SMILES string of the molecule is CC(=O)O[C@H]1C[C@](c2ccc([N+](=O)[O-])cc2)(n2cc(C)c(=O)[nH]c2=O)O[C@@H]1COC(=O)O. The molecule has 1 saturated heterocycles. The van der Waals surface area contributed by atoms with Crippen LogP contribution in [0, 0.1) is 17.0 Å². The quantitative estimate of drug-likeness (QED) is 0.365. The molecule has 0 amide bonds. The normalized spacial score (nSPS) is 22.3. The van der Waals surface area contributed by atoms with Crippen LogP contribution in [-0.2, 0) is 24.7 Å². The molecule has 170 valence electrons. The lowest BCUT2D eigenvalue weighted by molar-refractivity contribution is -0.384. The number of carboxylic acid groups (broad SMARTS) is 1. The number of nitro benzene ring substituents is 1. The number of H-pyrrole nitrogens is 1. The van der Waals surface area contributed by atoms with Crippen LogP contribution in [0.1, 0.15) is 24.5 Å². The zero-order valence-electron chi connectivity index (χ0n) is 17.0. The predicted molar refractivity (Wildman–Crippen MR) is 105 cm³/mol. The minimum absolute atomic E-state index is 0.163. The van der Waals surface area contributed by atoms with Gasteiger partial charge in [-0.25, -0.2) is 9.59 Å². The van der Waals surface area contributed by atoms with Gasteiger partial charge in [0, 0.05) is 42.8 Å². The van der Waals surface area contributed by atoms with Crippen LogP contribution >= 0.6 is 0 Å². The van der Waals surface area contributed by atoms with E-state index in [4.69, 9.17) is 14.6 Å². The van der Waals surface area contributed by atoms with E-state index >= 15 is 0 Å². The number of aryl methyl sites for hydroxylation is 1. The fraction of sp³-hybridized carbons (Fsp3) is 0.368. The summed E-state index contributed by atoms with van der Waals surface area (Å²) in [5.74, 6) is -0.677. The molecule has 0 saturated carbocycles. The first-order chi connectivity index (χ1) is 15.0. The molecule has 2 aromatic rings. The van der Waals surface area contributed by atoms with E-state index in [1.807, 2.05) is 0 Å². The highest BCUT2D eigenvalue weighted by Crippen LogP contribution is 2.42. The van der Waals surface area contributed by atoms with Crippen LogP contribution in [0.3, 0.4) is 0 Å². The lowest BCUT2D eigenvalue weighted by Gasteiger charge is -2.31. The topological polar surface area (TPSA) is 180 Å². The number of hydrogen-bond donors (Lipinski definition) is 2. The number of nitrogens with one attached hydrogen (secondary N) is 1. The van der Waals surface area contributed by atoms with E-state index in [2.05, 4.69) is 9.72 Å². The zero-order valence-corrected chi connectivity index (χ0v) is 17.0. The third kappa shape index (κ3) is 4.37. The number of hydrogen-bond acceptors (Lipinski definition) is 9. The number of rotatable bonds is 6. The molecular formula is C19H19N3O10. The van der Waals surface area contributed by atoms with Gasteiger partial charge in [-0.1, -0.05) is 0 Å². The molecule has 13 nitrogen and oxygen atoms in total. The maximum atomic E-state index is 12.7. The fourth-order valence-corrected chi connectivity index (χ4v) is 3.56. The van der Waals surface area contributed by atoms with Crippen LogP contribution < -0.4 is 11.2 Å². The summed E-state index contributed by atoms with van der Waals surface area (Å²) in [5.41, 5.74) is -2.93. The van der Waals surface area contributed by atoms with Gasteiger partial charge in [-0.05, 0) is 19.1 Å². The molecule has 0 spiro atoms. The van der Waals surface area contributed by atoms with Gasteiger partial charge in [0.15, 0.2) is 5.72 Å². The number of nitrogens with zero attached hydrogens (tertiary/aromatic N) is 2. The predicted octanol–water partition coefficient (Wildman–Crippen LogP) is 0.870. The van der Waals surface area contributed by atoms with E-state index < -0.39 is 52.8 Å². The van der Waals surface area contributed by atoms with Crippen molar-refractivity contribution < 1.29 is 33.8 Å². The Labute approximate surface area is 179 Å². The molecule has 2 heterocycles. The van der Waals surface area contributed by atoms with Crippen molar-refractivity contribution in [3.63, 3.8) is 0 Å². The van der Waals surface area contributed by atoms with E-state index in [0.717, 1.165) is 11.5 Å². The molecule has 3 rings (SSSR count). The van der Waals surface area contributed by atoms with Crippen molar-refractivity contribution in [3.05, 3.63) is 72.5 Å². The van der Waals surface area contributed by atoms with Crippen molar-refractivity contribution in [2.75, 3.05) is 6.61 Å². The monoisotopic (exact) mass is 449 g/mol. The Hall–Kier alpha value is -4.00. The van der Waals surface area contributed by atoms with Crippen LogP contribution in [-0.4, -0.2) is 50.5 Å². The lowest BCUT2D eigenvalue weighted by Crippen LogP contribution is -2.45. The number of ether oxygens (including phenoxy) is 3. The van der Waals surface area contributed by atoms with E-state index in [-0.39, 0.29) is 23.2 Å². The summed E-state index contributed by atoms with van der Waals surface area (Å²) in [6.45, 7) is 2.10. The number of carbonyl (C=O) groups is 2. The maximum absolute atomic E-state index is 12.7. The summed E-state index contributed by atoms with van der Waals surface area (Å²) in [5, 5.41) is 19.9. The number of benzene rings is 1. The Morgan fingerprint density at radius 3 is 2.56 bits per heavy atom. The maximum Gasteiger partial charge on any atom is 0.505 e. The van der Waals surface area contributed by atoms with E-state index in [9.17, 15) is 29.3 Å². The second-order valence-corrected chi connectivity index (χ2v) is 7.11. The average Bonchev–Trinajstić information content (AvgIpc) is 3.07. The summed E-state index contributed by atoms with van der Waals surface area (Å²) in [6.07, 6.45) is -2.64. The molecule has 1 aliphatic heterocycles. The first-order valence-corrected chi connectivity index (χ1v) is 9.32. The van der Waals surface area contributed by atoms with Crippen molar-refractivity contribution in [2.45, 2.75) is 38.2 Å². The number of aromatic nitrogens is 2. The van der Waals surface area contributed by atoms with E-state index in [1.54, 1.807) is 0 Å². The van der Waals surface area contributed by atoms with Gasteiger partial charge in [0.05, 0.1) is 4.92 Å². The second kappa shape index (κ2) is 8.63. The summed E-state index contributed by atoms with van der Waals surface area (Å²) in [7, 11) is 0. The van der Waals surface area contributed by atoms with E-state index in [0.29, 0.717) is 0 Å². The second-order valence-electron chi connectivity index (χ2n) is 7.11. The number of nitro groups is 1. The fourth-order valence-electron chi connectivity index (χ4n) is 3.56. The van der Waals surface area contributed by atoms with Gasteiger partial charge in [0.2, 0.25) is 0 Å². The third-order valence-corrected chi connectivity index (χ3v) is 4.97. The van der Waals surface area contributed by atoms with Crippen LogP contribution in [0.25, 0.3) is 0 Å². The summed E-state index contributed by atoms with van der Waals surface area (Å²) >= 11 is 0. The first-order valence-electron chi connectivity index (χ1n) is 9.32. The standard InChI is InChI=1S/C19H19N3O10/c1-10-8-21(17(25)20-16(10)24)19(12-3-5-13(6-4-12)22(28)29)7-14(31-11(2)23)15(32-19)9-30-18(26)27/h3-6,8,14-15H,7,9H2,1-2H3,(H,26,27)(H,20,24,25)/t14-,15+,19-/m0/s1. The van der Waals surface area contributed by atoms with Crippen molar-refractivity contribution in [2.24, 2.45) is 0 Å². The highest BCUT2D eigenvalue weighted by atomic mass is 16.7. The zero-order chi connectivity index (χ0) is 23.6.